The SMILES string of the molecule is CN1CC[C@@](O)(C#Cc2cccc(-n3nc(C(N)=O)c4ccncc43)c2)C1=O. The number of nitrogens with two attached hydrogens (primary N) is 1. The molecule has 1 fully saturated rings. The molecule has 28 heavy (non-hydrogen) atoms. The standard InChI is InChI=1S/C20H17N5O3/c1-24-10-8-20(28,19(24)27)7-5-13-3-2-4-14(11-13)25-16-12-22-9-6-15(16)17(23-25)18(21)26/h2-4,6,9,11-12,28H,8,10H2,1H3,(H2,21,26)/t20-/m0/s1. The monoisotopic (exact) mass is 375 g/mol. The fraction of sp³-hybridized carbons (Fsp3) is 0.200. The van der Waals surface area contributed by atoms with Gasteiger partial charge in [-0.15, -0.1) is 0 Å². The third-order valence-corrected chi connectivity index (χ3v) is 4.73. The molecule has 8 nitrogen and oxygen atoms in total. The van der Waals surface area contributed by atoms with Crippen LogP contribution in [0.5, 0.6) is 0 Å². The molecule has 3 N–H and O–H groups in total. The fourth-order valence-electron chi connectivity index (χ4n) is 3.20. The van der Waals surface area contributed by atoms with Crippen LogP contribution in [-0.2, 0) is 4.79 Å². The lowest BCUT2D eigenvalue weighted by molar-refractivity contribution is -0.137. The van der Waals surface area contributed by atoms with Crippen LogP contribution in [0, 0.1) is 11.8 Å². The van der Waals surface area contributed by atoms with Crippen LogP contribution in [-0.4, -0.2) is 55.8 Å². The molecule has 2 amide bonds. The van der Waals surface area contributed by atoms with Crippen molar-refractivity contribution in [1.29, 1.82) is 0 Å². The molecular formula is C20H17N5O3. The number of rotatable bonds is 2. The van der Waals surface area contributed by atoms with Crippen molar-refractivity contribution in [3.63, 3.8) is 0 Å². The van der Waals surface area contributed by atoms with E-state index in [-0.39, 0.29) is 12.1 Å². The van der Waals surface area contributed by atoms with Gasteiger partial charge in [0.15, 0.2) is 5.69 Å². The molecular weight excluding hydrogens is 358 g/mol. The number of hydrogen-bond acceptors (Lipinski definition) is 5. The summed E-state index contributed by atoms with van der Waals surface area (Å²) < 4.78 is 1.57. The second-order valence-corrected chi connectivity index (χ2v) is 6.65. The number of likely N-dealkylation sites (N-methyl/N-ethyl adjacent to an activating group) is 1. The molecule has 2 aromatic heterocycles. The Morgan fingerprint density at radius 1 is 1.36 bits per heavy atom. The van der Waals surface area contributed by atoms with E-state index in [2.05, 4.69) is 21.9 Å². The van der Waals surface area contributed by atoms with Crippen molar-refractivity contribution in [2.24, 2.45) is 5.73 Å². The van der Waals surface area contributed by atoms with E-state index in [1.54, 1.807) is 54.5 Å². The second kappa shape index (κ2) is 6.48. The Kier molecular flexibility index (Phi) is 4.09. The van der Waals surface area contributed by atoms with Gasteiger partial charge in [-0.2, -0.15) is 5.10 Å². The molecule has 8 heteroatoms. The van der Waals surface area contributed by atoms with Gasteiger partial charge in [0.2, 0.25) is 5.60 Å². The van der Waals surface area contributed by atoms with Crippen LogP contribution in [0.1, 0.15) is 22.5 Å². The van der Waals surface area contributed by atoms with Crippen molar-refractivity contribution >= 4 is 22.7 Å². The largest absolute Gasteiger partial charge is 0.369 e. The number of carbonyl (C=O) groups excluding carboxylic acids is 2. The van der Waals surface area contributed by atoms with Gasteiger partial charge in [0, 0.05) is 37.2 Å². The number of nitrogens with zero attached hydrogens (tertiary/aromatic N) is 4. The quantitative estimate of drug-likeness (QED) is 0.632. The summed E-state index contributed by atoms with van der Waals surface area (Å²) in [5, 5.41) is 15.4. The Bertz CT molecular complexity index is 1170. The smallest absolute Gasteiger partial charge is 0.269 e. The lowest BCUT2D eigenvalue weighted by atomic mass is 10.0. The summed E-state index contributed by atoms with van der Waals surface area (Å²) in [6.45, 7) is 0.465. The molecule has 1 aliphatic heterocycles. The van der Waals surface area contributed by atoms with Crippen molar-refractivity contribution in [3.8, 4) is 17.5 Å². The van der Waals surface area contributed by atoms with Gasteiger partial charge < -0.3 is 15.7 Å². The first-order valence-corrected chi connectivity index (χ1v) is 8.63. The van der Waals surface area contributed by atoms with Crippen molar-refractivity contribution < 1.29 is 14.7 Å². The van der Waals surface area contributed by atoms with Crippen LogP contribution in [0.2, 0.25) is 0 Å². The minimum Gasteiger partial charge on any atom is -0.369 e. The molecule has 0 bridgehead atoms. The van der Waals surface area contributed by atoms with Crippen molar-refractivity contribution in [2.45, 2.75) is 12.0 Å². The highest BCUT2D eigenvalue weighted by Gasteiger charge is 2.42. The van der Waals surface area contributed by atoms with Gasteiger partial charge in [-0.1, -0.05) is 17.9 Å². The van der Waals surface area contributed by atoms with E-state index in [9.17, 15) is 14.7 Å². The van der Waals surface area contributed by atoms with Crippen molar-refractivity contribution in [2.75, 3.05) is 13.6 Å². The van der Waals surface area contributed by atoms with E-state index in [1.807, 2.05) is 0 Å². The summed E-state index contributed by atoms with van der Waals surface area (Å²) in [5.41, 5.74) is 5.81. The lowest BCUT2D eigenvalue weighted by Crippen LogP contribution is -2.37. The molecule has 3 aromatic rings. The number of primary amides is 1. The predicted octanol–water partition coefficient (Wildman–Crippen LogP) is 0.464. The van der Waals surface area contributed by atoms with E-state index >= 15 is 0 Å². The van der Waals surface area contributed by atoms with Gasteiger partial charge >= 0.3 is 0 Å². The van der Waals surface area contributed by atoms with Crippen LogP contribution in [0.15, 0.2) is 42.7 Å². The van der Waals surface area contributed by atoms with E-state index < -0.39 is 17.4 Å². The fourth-order valence-corrected chi connectivity index (χ4v) is 3.20. The normalized spacial score (nSPS) is 18.9. The van der Waals surface area contributed by atoms with Crippen molar-refractivity contribution in [1.82, 2.24) is 19.7 Å². The average molecular weight is 375 g/mol. The van der Waals surface area contributed by atoms with Gasteiger partial charge in [0.1, 0.15) is 0 Å². The molecule has 3 heterocycles. The zero-order valence-electron chi connectivity index (χ0n) is 15.1. The Balaban J connectivity index is 1.76. The molecule has 140 valence electrons. The first kappa shape index (κ1) is 17.7. The van der Waals surface area contributed by atoms with Crippen LogP contribution >= 0.6 is 0 Å². The van der Waals surface area contributed by atoms with Gasteiger partial charge in [-0.25, -0.2) is 4.68 Å². The second-order valence-electron chi connectivity index (χ2n) is 6.65. The maximum atomic E-state index is 12.1. The Labute approximate surface area is 160 Å². The van der Waals surface area contributed by atoms with E-state index in [0.717, 1.165) is 0 Å². The molecule has 0 spiro atoms. The maximum absolute atomic E-state index is 12.1. The number of amides is 2. The zero-order chi connectivity index (χ0) is 19.9. The summed E-state index contributed by atoms with van der Waals surface area (Å²) in [6.07, 6.45) is 3.44. The Morgan fingerprint density at radius 3 is 2.89 bits per heavy atom. The van der Waals surface area contributed by atoms with Crippen LogP contribution in [0.25, 0.3) is 16.6 Å². The molecule has 0 radical (unpaired) electrons. The molecule has 1 atom stereocenters. The number of aromatic nitrogens is 3. The number of aliphatic hydroxyl groups is 1. The topological polar surface area (TPSA) is 114 Å². The number of likely N-dealkylation sites (tertiary alicyclic amines) is 1. The number of hydrogen-bond donors (Lipinski definition) is 2. The zero-order valence-corrected chi connectivity index (χ0v) is 15.1. The molecule has 0 unspecified atom stereocenters. The lowest BCUT2D eigenvalue weighted by Gasteiger charge is -2.13. The molecule has 4 rings (SSSR count). The summed E-state index contributed by atoms with van der Waals surface area (Å²) in [6, 6.07) is 8.78. The summed E-state index contributed by atoms with van der Waals surface area (Å²) in [7, 11) is 1.63. The molecule has 0 saturated carbocycles. The highest BCUT2D eigenvalue weighted by molar-refractivity contribution is 6.04. The first-order valence-electron chi connectivity index (χ1n) is 8.63. The number of pyridine rings is 1. The van der Waals surface area contributed by atoms with E-state index in [4.69, 9.17) is 5.73 Å². The van der Waals surface area contributed by atoms with Crippen molar-refractivity contribution in [3.05, 3.63) is 54.0 Å². The molecule has 1 saturated heterocycles. The van der Waals surface area contributed by atoms with Gasteiger partial charge in [0.05, 0.1) is 17.4 Å². The number of fused-ring (bicyclic) bond motifs is 1. The summed E-state index contributed by atoms with van der Waals surface area (Å²) in [5.74, 6) is 4.54. The highest BCUT2D eigenvalue weighted by Crippen LogP contribution is 2.23. The minimum atomic E-state index is -1.66. The third-order valence-electron chi connectivity index (χ3n) is 4.73. The van der Waals surface area contributed by atoms with E-state index in [1.165, 1.54) is 4.90 Å². The van der Waals surface area contributed by atoms with Gasteiger partial charge in [-0.3, -0.25) is 14.6 Å². The number of benzene rings is 1. The first-order chi connectivity index (χ1) is 13.4. The summed E-state index contributed by atoms with van der Waals surface area (Å²) in [4.78, 5) is 29.3. The van der Waals surface area contributed by atoms with E-state index in [0.29, 0.717) is 28.7 Å². The predicted molar refractivity (Wildman–Crippen MR) is 101 cm³/mol. The maximum Gasteiger partial charge on any atom is 0.269 e. The van der Waals surface area contributed by atoms with Crippen LogP contribution in [0.3, 0.4) is 0 Å². The molecule has 1 aliphatic rings. The van der Waals surface area contributed by atoms with Gasteiger partial charge in [-0.05, 0) is 24.3 Å². The molecule has 1 aromatic carbocycles. The van der Waals surface area contributed by atoms with Gasteiger partial charge in [0.25, 0.3) is 11.8 Å². The summed E-state index contributed by atoms with van der Waals surface area (Å²) >= 11 is 0. The Morgan fingerprint density at radius 2 is 2.18 bits per heavy atom. The minimum absolute atomic E-state index is 0.155. The van der Waals surface area contributed by atoms with Crippen LogP contribution < -0.4 is 5.73 Å². The molecule has 0 aliphatic carbocycles. The average Bonchev–Trinajstić information content (AvgIpc) is 3.21. The Hall–Kier alpha value is -3.70. The van der Waals surface area contributed by atoms with Crippen LogP contribution in [0.4, 0.5) is 0 Å². The third kappa shape index (κ3) is 2.88. The highest BCUT2D eigenvalue weighted by atomic mass is 16.3. The number of carbonyl (C=O) groups is 2.